The second-order valence-corrected chi connectivity index (χ2v) is 4.33. The van der Waals surface area contributed by atoms with Crippen LogP contribution in [0.4, 0.5) is 5.95 Å². The molecule has 6 heteroatoms. The molecule has 1 heterocycles. The zero-order valence-corrected chi connectivity index (χ0v) is 11.7. The van der Waals surface area contributed by atoms with Crippen LogP contribution in [0.2, 0.25) is 0 Å². The second-order valence-electron chi connectivity index (χ2n) is 4.33. The lowest BCUT2D eigenvalue weighted by molar-refractivity contribution is -0.129. The molecule has 0 aliphatic rings. The number of rotatable bonds is 5. The fourth-order valence-electron chi connectivity index (χ4n) is 1.64. The predicted octanol–water partition coefficient (Wildman–Crippen LogP) is 0.885. The minimum absolute atomic E-state index is 0.0174. The summed E-state index contributed by atoms with van der Waals surface area (Å²) in [5.41, 5.74) is 1.84. The Morgan fingerprint density at radius 2 is 1.83 bits per heavy atom. The summed E-state index contributed by atoms with van der Waals surface area (Å²) in [4.78, 5) is 17.6. The van der Waals surface area contributed by atoms with Gasteiger partial charge in [-0.15, -0.1) is 5.10 Å². The van der Waals surface area contributed by atoms with Crippen LogP contribution in [-0.2, 0) is 17.6 Å². The molecular formula is C12H21N5O. The lowest BCUT2D eigenvalue weighted by Crippen LogP contribution is -2.37. The molecule has 0 fully saturated rings. The van der Waals surface area contributed by atoms with Crippen molar-refractivity contribution in [3.8, 4) is 0 Å². The number of hydrogen-bond donors (Lipinski definition) is 1. The van der Waals surface area contributed by atoms with Crippen LogP contribution in [0.25, 0.3) is 0 Å². The molecule has 1 aromatic rings. The van der Waals surface area contributed by atoms with Gasteiger partial charge < -0.3 is 10.2 Å². The minimum Gasteiger partial charge on any atom is -0.347 e. The second kappa shape index (κ2) is 6.28. The first-order valence-electron chi connectivity index (χ1n) is 6.19. The number of carbonyl (C=O) groups excluding carboxylic acids is 1. The fraction of sp³-hybridized carbons (Fsp3) is 0.667. The molecule has 0 saturated carbocycles. The van der Waals surface area contributed by atoms with Crippen molar-refractivity contribution in [1.82, 2.24) is 20.1 Å². The van der Waals surface area contributed by atoms with E-state index in [1.54, 1.807) is 21.0 Å². The van der Waals surface area contributed by atoms with Crippen molar-refractivity contribution >= 4 is 11.9 Å². The van der Waals surface area contributed by atoms with Gasteiger partial charge in [-0.3, -0.25) is 4.79 Å². The monoisotopic (exact) mass is 251 g/mol. The summed E-state index contributed by atoms with van der Waals surface area (Å²) in [6, 6.07) is -0.362. The van der Waals surface area contributed by atoms with Crippen molar-refractivity contribution in [3.63, 3.8) is 0 Å². The average Bonchev–Trinajstić information content (AvgIpc) is 2.37. The molecule has 1 N–H and O–H groups in total. The van der Waals surface area contributed by atoms with E-state index in [2.05, 4.69) is 20.5 Å². The molecule has 1 rings (SSSR count). The third-order valence-electron chi connectivity index (χ3n) is 2.67. The molecule has 18 heavy (non-hydrogen) atoms. The van der Waals surface area contributed by atoms with E-state index in [0.29, 0.717) is 5.95 Å². The first-order chi connectivity index (χ1) is 8.49. The fourth-order valence-corrected chi connectivity index (χ4v) is 1.64. The molecule has 0 aromatic carbocycles. The van der Waals surface area contributed by atoms with Crippen LogP contribution >= 0.6 is 0 Å². The largest absolute Gasteiger partial charge is 0.347 e. The topological polar surface area (TPSA) is 71.0 Å². The van der Waals surface area contributed by atoms with Gasteiger partial charge >= 0.3 is 0 Å². The lowest BCUT2D eigenvalue weighted by atomic mass is 10.2. The van der Waals surface area contributed by atoms with Crippen LogP contribution in [0.1, 0.15) is 32.2 Å². The van der Waals surface area contributed by atoms with Crippen LogP contribution < -0.4 is 5.32 Å². The molecule has 0 spiro atoms. The molecule has 0 aliphatic heterocycles. The van der Waals surface area contributed by atoms with Crippen LogP contribution in [0.5, 0.6) is 0 Å². The van der Waals surface area contributed by atoms with Crippen LogP contribution in [0, 0.1) is 0 Å². The van der Waals surface area contributed by atoms with E-state index >= 15 is 0 Å². The smallest absolute Gasteiger partial charge is 0.244 e. The molecule has 1 aromatic heterocycles. The molecule has 0 radical (unpaired) electrons. The van der Waals surface area contributed by atoms with Crippen molar-refractivity contribution in [2.75, 3.05) is 19.4 Å². The molecule has 1 atom stereocenters. The SMILES string of the molecule is CCc1nnc(NC(C)C(=O)N(C)C)nc1CC. The molecule has 6 nitrogen and oxygen atoms in total. The number of hydrogen-bond acceptors (Lipinski definition) is 5. The van der Waals surface area contributed by atoms with Crippen LogP contribution in [-0.4, -0.2) is 46.1 Å². The van der Waals surface area contributed by atoms with Crippen molar-refractivity contribution < 1.29 is 4.79 Å². The number of anilines is 1. The lowest BCUT2D eigenvalue weighted by Gasteiger charge is -2.18. The Morgan fingerprint density at radius 3 is 2.33 bits per heavy atom. The first kappa shape index (κ1) is 14.3. The predicted molar refractivity (Wildman–Crippen MR) is 70.4 cm³/mol. The average molecular weight is 251 g/mol. The zero-order chi connectivity index (χ0) is 13.7. The molecule has 1 amide bonds. The summed E-state index contributed by atoms with van der Waals surface area (Å²) >= 11 is 0. The zero-order valence-electron chi connectivity index (χ0n) is 11.7. The third-order valence-corrected chi connectivity index (χ3v) is 2.67. The Hall–Kier alpha value is -1.72. The highest BCUT2D eigenvalue weighted by Crippen LogP contribution is 2.08. The molecule has 0 bridgehead atoms. The van der Waals surface area contributed by atoms with Gasteiger partial charge in [0.1, 0.15) is 6.04 Å². The van der Waals surface area contributed by atoms with Crippen molar-refractivity contribution in [2.45, 2.75) is 39.7 Å². The van der Waals surface area contributed by atoms with Gasteiger partial charge in [-0.2, -0.15) is 5.10 Å². The number of nitrogens with zero attached hydrogens (tertiary/aromatic N) is 4. The number of amides is 1. The number of nitrogens with one attached hydrogen (secondary N) is 1. The van der Waals surface area contributed by atoms with E-state index < -0.39 is 0 Å². The van der Waals surface area contributed by atoms with Gasteiger partial charge in [0.05, 0.1) is 11.4 Å². The summed E-state index contributed by atoms with van der Waals surface area (Å²) in [7, 11) is 3.44. The van der Waals surface area contributed by atoms with E-state index in [1.165, 1.54) is 4.90 Å². The molecular weight excluding hydrogens is 230 g/mol. The quantitative estimate of drug-likeness (QED) is 0.841. The minimum atomic E-state index is -0.362. The normalized spacial score (nSPS) is 12.1. The van der Waals surface area contributed by atoms with Crippen molar-refractivity contribution in [2.24, 2.45) is 0 Å². The molecule has 100 valence electrons. The first-order valence-corrected chi connectivity index (χ1v) is 6.19. The third kappa shape index (κ3) is 3.38. The maximum Gasteiger partial charge on any atom is 0.244 e. The van der Waals surface area contributed by atoms with E-state index in [-0.39, 0.29) is 11.9 Å². The maximum atomic E-state index is 11.7. The summed E-state index contributed by atoms with van der Waals surface area (Å²) in [6.45, 7) is 5.84. The van der Waals surface area contributed by atoms with Gasteiger partial charge in [0.25, 0.3) is 0 Å². The van der Waals surface area contributed by atoms with E-state index in [9.17, 15) is 4.79 Å². The molecule has 0 saturated heterocycles. The van der Waals surface area contributed by atoms with E-state index in [4.69, 9.17) is 0 Å². The standard InChI is InChI=1S/C12H21N5O/c1-6-9-10(7-2)15-16-12(14-9)13-8(3)11(18)17(4)5/h8H,6-7H2,1-5H3,(H,13,14,16). The number of carbonyl (C=O) groups is 1. The molecule has 1 unspecified atom stereocenters. The van der Waals surface area contributed by atoms with Gasteiger partial charge in [0.2, 0.25) is 11.9 Å². The Labute approximate surface area is 108 Å². The Bertz CT molecular complexity index is 419. The number of likely N-dealkylation sites (N-methyl/N-ethyl adjacent to an activating group) is 1. The van der Waals surface area contributed by atoms with Crippen molar-refractivity contribution in [1.29, 1.82) is 0 Å². The highest BCUT2D eigenvalue weighted by Gasteiger charge is 2.16. The van der Waals surface area contributed by atoms with Gasteiger partial charge in [0.15, 0.2) is 0 Å². The summed E-state index contributed by atoms with van der Waals surface area (Å²) < 4.78 is 0. The van der Waals surface area contributed by atoms with Gasteiger partial charge in [-0.1, -0.05) is 13.8 Å². The van der Waals surface area contributed by atoms with E-state index in [0.717, 1.165) is 24.2 Å². The molecule has 0 aliphatic carbocycles. The van der Waals surface area contributed by atoms with Crippen LogP contribution in [0.3, 0.4) is 0 Å². The Morgan fingerprint density at radius 1 is 1.22 bits per heavy atom. The van der Waals surface area contributed by atoms with Gasteiger partial charge in [-0.05, 0) is 19.8 Å². The van der Waals surface area contributed by atoms with Crippen molar-refractivity contribution in [3.05, 3.63) is 11.4 Å². The summed E-state index contributed by atoms with van der Waals surface area (Å²) in [6.07, 6.45) is 1.62. The Kier molecular flexibility index (Phi) is 5.00. The van der Waals surface area contributed by atoms with Gasteiger partial charge in [-0.25, -0.2) is 4.98 Å². The Balaban J connectivity index is 2.82. The van der Waals surface area contributed by atoms with Gasteiger partial charge in [0, 0.05) is 14.1 Å². The number of aromatic nitrogens is 3. The summed E-state index contributed by atoms with van der Waals surface area (Å²) in [5.74, 6) is 0.392. The highest BCUT2D eigenvalue weighted by molar-refractivity contribution is 5.83. The number of aryl methyl sites for hydroxylation is 2. The van der Waals surface area contributed by atoms with E-state index in [1.807, 2.05) is 13.8 Å². The van der Waals surface area contributed by atoms with Crippen LogP contribution in [0.15, 0.2) is 0 Å². The highest BCUT2D eigenvalue weighted by atomic mass is 16.2. The maximum absolute atomic E-state index is 11.7. The summed E-state index contributed by atoms with van der Waals surface area (Å²) in [5, 5.41) is 11.1.